The highest BCUT2D eigenvalue weighted by Gasteiger charge is 2.12. The van der Waals surface area contributed by atoms with Crippen molar-refractivity contribution in [3.8, 4) is 0 Å². The lowest BCUT2D eigenvalue weighted by atomic mass is 9.98. The van der Waals surface area contributed by atoms with E-state index in [1.165, 1.54) is 0 Å². The Kier molecular flexibility index (Phi) is 3.93. The molecule has 0 fully saturated rings. The van der Waals surface area contributed by atoms with Crippen molar-refractivity contribution >= 4 is 11.5 Å². The lowest BCUT2D eigenvalue weighted by Gasteiger charge is -2.06. The summed E-state index contributed by atoms with van der Waals surface area (Å²) in [7, 11) is 0. The second kappa shape index (κ2) is 4.20. The van der Waals surface area contributed by atoms with E-state index in [1.807, 2.05) is 13.8 Å². The third-order valence-electron chi connectivity index (χ3n) is 1.73. The smallest absolute Gasteiger partial charge is 0.176 e. The SMILES string of the molecule is CCC(=O)C(=N)[C@H](C)CC. The summed E-state index contributed by atoms with van der Waals surface area (Å²) in [5.41, 5.74) is 0.282. The Morgan fingerprint density at radius 1 is 1.50 bits per heavy atom. The van der Waals surface area contributed by atoms with E-state index in [9.17, 15) is 4.79 Å². The molecule has 2 heteroatoms. The Morgan fingerprint density at radius 3 is 2.30 bits per heavy atom. The number of hydrogen-bond acceptors (Lipinski definition) is 2. The first-order valence-corrected chi connectivity index (χ1v) is 3.75. The molecule has 1 N–H and O–H groups in total. The fraction of sp³-hybridized carbons (Fsp3) is 0.750. The van der Waals surface area contributed by atoms with Crippen LogP contribution in [0.15, 0.2) is 0 Å². The average Bonchev–Trinajstić information content (AvgIpc) is 2.00. The van der Waals surface area contributed by atoms with Crippen molar-refractivity contribution in [2.75, 3.05) is 0 Å². The molecule has 0 saturated heterocycles. The number of carbonyl (C=O) groups excluding carboxylic acids is 1. The Labute approximate surface area is 62.1 Å². The van der Waals surface area contributed by atoms with Crippen LogP contribution in [0.1, 0.15) is 33.6 Å². The van der Waals surface area contributed by atoms with E-state index in [2.05, 4.69) is 0 Å². The molecule has 10 heavy (non-hydrogen) atoms. The maximum Gasteiger partial charge on any atom is 0.176 e. The van der Waals surface area contributed by atoms with E-state index < -0.39 is 0 Å². The predicted molar refractivity (Wildman–Crippen MR) is 42.5 cm³/mol. The third-order valence-corrected chi connectivity index (χ3v) is 1.73. The molecule has 0 radical (unpaired) electrons. The van der Waals surface area contributed by atoms with Gasteiger partial charge in [-0.05, 0) is 6.42 Å². The maximum atomic E-state index is 10.9. The number of hydrogen-bond donors (Lipinski definition) is 1. The lowest BCUT2D eigenvalue weighted by molar-refractivity contribution is -0.113. The molecule has 0 aromatic heterocycles. The molecule has 0 aliphatic rings. The average molecular weight is 141 g/mol. The van der Waals surface area contributed by atoms with Gasteiger partial charge in [0, 0.05) is 12.3 Å². The quantitative estimate of drug-likeness (QED) is 0.598. The highest BCUT2D eigenvalue weighted by Crippen LogP contribution is 2.04. The third kappa shape index (κ3) is 2.29. The van der Waals surface area contributed by atoms with Gasteiger partial charge in [0.15, 0.2) is 5.78 Å². The largest absolute Gasteiger partial charge is 0.301 e. The highest BCUT2D eigenvalue weighted by atomic mass is 16.1. The van der Waals surface area contributed by atoms with Gasteiger partial charge < -0.3 is 5.41 Å². The van der Waals surface area contributed by atoms with Crippen LogP contribution in [0.2, 0.25) is 0 Å². The summed E-state index contributed by atoms with van der Waals surface area (Å²) in [4.78, 5) is 10.9. The fourth-order valence-corrected chi connectivity index (χ4v) is 0.669. The van der Waals surface area contributed by atoms with Crippen molar-refractivity contribution in [2.24, 2.45) is 5.92 Å². The Bertz CT molecular complexity index is 140. The first-order valence-electron chi connectivity index (χ1n) is 3.75. The van der Waals surface area contributed by atoms with Crippen LogP contribution in [-0.2, 0) is 4.79 Å². The summed E-state index contributed by atoms with van der Waals surface area (Å²) in [6.45, 7) is 5.69. The molecule has 0 spiro atoms. The molecule has 0 aromatic rings. The molecule has 0 aliphatic heterocycles. The summed E-state index contributed by atoms with van der Waals surface area (Å²) in [6.07, 6.45) is 1.34. The van der Waals surface area contributed by atoms with E-state index in [0.29, 0.717) is 6.42 Å². The molecule has 0 rings (SSSR count). The minimum absolute atomic E-state index is 0.0191. The van der Waals surface area contributed by atoms with E-state index in [1.54, 1.807) is 6.92 Å². The highest BCUT2D eigenvalue weighted by molar-refractivity contribution is 6.39. The lowest BCUT2D eigenvalue weighted by Crippen LogP contribution is -2.19. The molecule has 0 unspecified atom stereocenters. The van der Waals surface area contributed by atoms with Gasteiger partial charge in [0.2, 0.25) is 0 Å². The molecular weight excluding hydrogens is 126 g/mol. The monoisotopic (exact) mass is 141 g/mol. The molecule has 0 bridgehead atoms. The van der Waals surface area contributed by atoms with Gasteiger partial charge in [0.25, 0.3) is 0 Å². The van der Waals surface area contributed by atoms with Crippen molar-refractivity contribution in [2.45, 2.75) is 33.6 Å². The van der Waals surface area contributed by atoms with Gasteiger partial charge in [-0.2, -0.15) is 0 Å². The predicted octanol–water partition coefficient (Wildman–Crippen LogP) is 2.03. The molecule has 0 heterocycles. The Balaban J connectivity index is 3.95. The molecule has 0 amide bonds. The maximum absolute atomic E-state index is 10.9. The first kappa shape index (κ1) is 9.34. The summed E-state index contributed by atoms with van der Waals surface area (Å²) >= 11 is 0. The molecule has 0 aromatic carbocycles. The normalized spacial score (nSPS) is 12.7. The fourth-order valence-electron chi connectivity index (χ4n) is 0.669. The van der Waals surface area contributed by atoms with E-state index >= 15 is 0 Å². The topological polar surface area (TPSA) is 40.9 Å². The summed E-state index contributed by atoms with van der Waals surface area (Å²) in [5.74, 6) is 0.113. The van der Waals surface area contributed by atoms with E-state index in [-0.39, 0.29) is 17.4 Å². The molecule has 0 saturated carbocycles. The van der Waals surface area contributed by atoms with Crippen LogP contribution in [0.3, 0.4) is 0 Å². The van der Waals surface area contributed by atoms with Gasteiger partial charge in [-0.25, -0.2) is 0 Å². The van der Waals surface area contributed by atoms with Crippen LogP contribution in [0.5, 0.6) is 0 Å². The number of carbonyl (C=O) groups is 1. The summed E-state index contributed by atoms with van der Waals surface area (Å²) in [5, 5.41) is 7.35. The van der Waals surface area contributed by atoms with Gasteiger partial charge >= 0.3 is 0 Å². The van der Waals surface area contributed by atoms with Crippen molar-refractivity contribution in [1.82, 2.24) is 0 Å². The van der Waals surface area contributed by atoms with Gasteiger partial charge in [-0.3, -0.25) is 4.79 Å². The Hall–Kier alpha value is -0.660. The standard InChI is InChI=1S/C8H15NO/c1-4-6(3)8(9)7(10)5-2/h6,9H,4-5H2,1-3H3/t6-/m1/s1. The zero-order valence-corrected chi connectivity index (χ0v) is 6.90. The van der Waals surface area contributed by atoms with Gasteiger partial charge in [0.05, 0.1) is 5.71 Å². The van der Waals surface area contributed by atoms with Crippen LogP contribution in [0, 0.1) is 11.3 Å². The number of rotatable bonds is 4. The summed E-state index contributed by atoms with van der Waals surface area (Å²) < 4.78 is 0. The van der Waals surface area contributed by atoms with Gasteiger partial charge in [-0.15, -0.1) is 0 Å². The number of ketones is 1. The van der Waals surface area contributed by atoms with Crippen LogP contribution in [0.4, 0.5) is 0 Å². The van der Waals surface area contributed by atoms with Crippen LogP contribution >= 0.6 is 0 Å². The van der Waals surface area contributed by atoms with Crippen molar-refractivity contribution in [3.05, 3.63) is 0 Å². The molecule has 2 nitrogen and oxygen atoms in total. The van der Waals surface area contributed by atoms with E-state index in [4.69, 9.17) is 5.41 Å². The molecule has 1 atom stereocenters. The molecule has 0 aliphatic carbocycles. The first-order chi connectivity index (χ1) is 4.63. The van der Waals surface area contributed by atoms with Gasteiger partial charge in [0.1, 0.15) is 0 Å². The Morgan fingerprint density at radius 2 is 2.00 bits per heavy atom. The zero-order valence-electron chi connectivity index (χ0n) is 6.90. The van der Waals surface area contributed by atoms with Crippen molar-refractivity contribution in [3.63, 3.8) is 0 Å². The molecular formula is C8H15NO. The van der Waals surface area contributed by atoms with Crippen LogP contribution < -0.4 is 0 Å². The van der Waals surface area contributed by atoms with Crippen LogP contribution in [0.25, 0.3) is 0 Å². The minimum Gasteiger partial charge on any atom is -0.301 e. The second-order valence-electron chi connectivity index (χ2n) is 2.50. The number of nitrogens with one attached hydrogen (secondary N) is 1. The van der Waals surface area contributed by atoms with Crippen LogP contribution in [-0.4, -0.2) is 11.5 Å². The van der Waals surface area contributed by atoms with Gasteiger partial charge in [-0.1, -0.05) is 20.8 Å². The van der Waals surface area contributed by atoms with Crippen molar-refractivity contribution in [1.29, 1.82) is 5.41 Å². The minimum atomic E-state index is -0.0191. The van der Waals surface area contributed by atoms with E-state index in [0.717, 1.165) is 6.42 Å². The molecule has 58 valence electrons. The van der Waals surface area contributed by atoms with Crippen molar-refractivity contribution < 1.29 is 4.79 Å². The number of Topliss-reactive ketones (excluding diaryl/α,β-unsaturated/α-hetero) is 1. The second-order valence-corrected chi connectivity index (χ2v) is 2.50. The zero-order chi connectivity index (χ0) is 8.15. The summed E-state index contributed by atoms with van der Waals surface area (Å²) in [6, 6.07) is 0.